The van der Waals surface area contributed by atoms with Gasteiger partial charge in [-0.3, -0.25) is 4.79 Å². The molecule has 3 N–H and O–H groups in total. The SMILES string of the molecule is Cc1cc(C(N)=O)ccc1CNCc1ccc(Cl)cc1. The van der Waals surface area contributed by atoms with Gasteiger partial charge >= 0.3 is 0 Å². The molecular formula is C16H17ClN2O. The van der Waals surface area contributed by atoms with E-state index in [2.05, 4.69) is 5.32 Å². The van der Waals surface area contributed by atoms with Gasteiger partial charge in [0.1, 0.15) is 0 Å². The Kier molecular flexibility index (Phi) is 4.77. The van der Waals surface area contributed by atoms with Gasteiger partial charge in [-0.05, 0) is 47.9 Å². The third kappa shape index (κ3) is 3.83. The standard InChI is InChI=1S/C16H17ClN2O/c1-11-8-13(16(18)20)4-5-14(11)10-19-9-12-2-6-15(17)7-3-12/h2-8,19H,9-10H2,1H3,(H2,18,20). The van der Waals surface area contributed by atoms with Gasteiger partial charge in [-0.1, -0.05) is 29.8 Å². The molecule has 0 saturated heterocycles. The molecule has 0 bridgehead atoms. The zero-order valence-corrected chi connectivity index (χ0v) is 12.1. The molecule has 1 amide bonds. The second kappa shape index (κ2) is 6.55. The van der Waals surface area contributed by atoms with Crippen LogP contribution in [-0.4, -0.2) is 5.91 Å². The highest BCUT2D eigenvalue weighted by atomic mass is 35.5. The molecule has 0 atom stereocenters. The van der Waals surface area contributed by atoms with Crippen LogP contribution in [0.5, 0.6) is 0 Å². The number of rotatable bonds is 5. The van der Waals surface area contributed by atoms with Crippen LogP contribution in [0, 0.1) is 6.92 Å². The summed E-state index contributed by atoms with van der Waals surface area (Å²) in [7, 11) is 0. The van der Waals surface area contributed by atoms with Gasteiger partial charge in [0.05, 0.1) is 0 Å². The van der Waals surface area contributed by atoms with Crippen molar-refractivity contribution in [1.29, 1.82) is 0 Å². The Hall–Kier alpha value is -1.84. The van der Waals surface area contributed by atoms with Crippen LogP contribution in [0.15, 0.2) is 42.5 Å². The van der Waals surface area contributed by atoms with Crippen LogP contribution >= 0.6 is 11.6 Å². The third-order valence-corrected chi connectivity index (χ3v) is 3.44. The molecule has 0 saturated carbocycles. The van der Waals surface area contributed by atoms with Gasteiger partial charge in [-0.25, -0.2) is 0 Å². The molecule has 0 unspecified atom stereocenters. The molecule has 0 spiro atoms. The monoisotopic (exact) mass is 288 g/mol. The first-order valence-electron chi connectivity index (χ1n) is 6.41. The summed E-state index contributed by atoms with van der Waals surface area (Å²) in [5.41, 5.74) is 9.20. The summed E-state index contributed by atoms with van der Waals surface area (Å²) >= 11 is 5.84. The quantitative estimate of drug-likeness (QED) is 0.888. The second-order valence-electron chi connectivity index (χ2n) is 4.74. The molecule has 2 rings (SSSR count). The first kappa shape index (κ1) is 14.6. The number of nitrogens with two attached hydrogens (primary N) is 1. The van der Waals surface area contributed by atoms with E-state index in [0.29, 0.717) is 5.56 Å². The molecule has 0 aromatic heterocycles. The van der Waals surface area contributed by atoms with Crippen LogP contribution in [0.3, 0.4) is 0 Å². The van der Waals surface area contributed by atoms with Crippen LogP contribution in [0.2, 0.25) is 5.02 Å². The van der Waals surface area contributed by atoms with E-state index in [-0.39, 0.29) is 0 Å². The lowest BCUT2D eigenvalue weighted by atomic mass is 10.0. The van der Waals surface area contributed by atoms with Crippen molar-refractivity contribution < 1.29 is 4.79 Å². The summed E-state index contributed by atoms with van der Waals surface area (Å²) in [6.45, 7) is 3.49. The van der Waals surface area contributed by atoms with E-state index in [1.807, 2.05) is 43.3 Å². The molecular weight excluding hydrogens is 272 g/mol. The van der Waals surface area contributed by atoms with E-state index >= 15 is 0 Å². The van der Waals surface area contributed by atoms with Gasteiger partial charge in [-0.2, -0.15) is 0 Å². The van der Waals surface area contributed by atoms with Crippen molar-refractivity contribution in [2.24, 2.45) is 5.73 Å². The zero-order chi connectivity index (χ0) is 14.5. The number of amides is 1. The van der Waals surface area contributed by atoms with Gasteiger partial charge in [0.2, 0.25) is 5.91 Å². The summed E-state index contributed by atoms with van der Waals surface area (Å²) in [4.78, 5) is 11.1. The van der Waals surface area contributed by atoms with Crippen molar-refractivity contribution in [1.82, 2.24) is 5.32 Å². The fourth-order valence-corrected chi connectivity index (χ4v) is 2.12. The number of benzene rings is 2. The van der Waals surface area contributed by atoms with Gasteiger partial charge in [-0.15, -0.1) is 0 Å². The molecule has 0 aliphatic heterocycles. The molecule has 0 radical (unpaired) electrons. The molecule has 20 heavy (non-hydrogen) atoms. The number of halogens is 1. The topological polar surface area (TPSA) is 55.1 Å². The Balaban J connectivity index is 1.94. The number of hydrogen-bond acceptors (Lipinski definition) is 2. The maximum atomic E-state index is 11.1. The Labute approximate surface area is 123 Å². The van der Waals surface area contributed by atoms with E-state index in [9.17, 15) is 4.79 Å². The second-order valence-corrected chi connectivity index (χ2v) is 5.17. The Morgan fingerprint density at radius 3 is 2.45 bits per heavy atom. The van der Waals surface area contributed by atoms with Crippen molar-refractivity contribution in [3.63, 3.8) is 0 Å². The van der Waals surface area contributed by atoms with Crippen molar-refractivity contribution in [3.05, 3.63) is 69.7 Å². The van der Waals surface area contributed by atoms with Crippen molar-refractivity contribution in [3.8, 4) is 0 Å². The summed E-state index contributed by atoms with van der Waals surface area (Å²) in [5, 5.41) is 4.11. The first-order chi connectivity index (χ1) is 9.56. The predicted octanol–water partition coefficient (Wildman–Crippen LogP) is 3.04. The lowest BCUT2D eigenvalue weighted by molar-refractivity contribution is 0.1000. The number of aryl methyl sites for hydroxylation is 1. The minimum Gasteiger partial charge on any atom is -0.366 e. The van der Waals surface area contributed by atoms with E-state index in [1.54, 1.807) is 6.07 Å². The van der Waals surface area contributed by atoms with Gasteiger partial charge in [0.15, 0.2) is 0 Å². The maximum absolute atomic E-state index is 11.1. The maximum Gasteiger partial charge on any atom is 0.248 e. The Morgan fingerprint density at radius 2 is 1.85 bits per heavy atom. The molecule has 4 heteroatoms. The molecule has 3 nitrogen and oxygen atoms in total. The fraction of sp³-hybridized carbons (Fsp3) is 0.188. The summed E-state index contributed by atoms with van der Waals surface area (Å²) < 4.78 is 0. The number of carbonyl (C=O) groups excluding carboxylic acids is 1. The van der Waals surface area contributed by atoms with Crippen molar-refractivity contribution >= 4 is 17.5 Å². The highest BCUT2D eigenvalue weighted by molar-refractivity contribution is 6.30. The third-order valence-electron chi connectivity index (χ3n) is 3.18. The van der Waals surface area contributed by atoms with E-state index in [4.69, 9.17) is 17.3 Å². The highest BCUT2D eigenvalue weighted by Gasteiger charge is 2.04. The number of primary amides is 1. The Bertz CT molecular complexity index is 608. The van der Waals surface area contributed by atoms with Crippen LogP contribution < -0.4 is 11.1 Å². The number of carbonyl (C=O) groups is 1. The fourth-order valence-electron chi connectivity index (χ4n) is 1.99. The number of nitrogens with one attached hydrogen (secondary N) is 1. The number of hydrogen-bond donors (Lipinski definition) is 2. The van der Waals surface area contributed by atoms with Crippen molar-refractivity contribution in [2.45, 2.75) is 20.0 Å². The normalized spacial score (nSPS) is 10.5. The minimum atomic E-state index is -0.395. The predicted molar refractivity (Wildman–Crippen MR) is 81.7 cm³/mol. The van der Waals surface area contributed by atoms with Gasteiger partial charge in [0.25, 0.3) is 0 Å². The molecule has 0 fully saturated rings. The van der Waals surface area contributed by atoms with Gasteiger partial charge in [0, 0.05) is 23.7 Å². The van der Waals surface area contributed by atoms with E-state index in [1.165, 1.54) is 5.56 Å². The smallest absolute Gasteiger partial charge is 0.248 e. The molecule has 2 aromatic rings. The lowest BCUT2D eigenvalue weighted by Crippen LogP contribution is -2.15. The van der Waals surface area contributed by atoms with Gasteiger partial charge < -0.3 is 11.1 Å². The van der Waals surface area contributed by atoms with Crippen LogP contribution in [-0.2, 0) is 13.1 Å². The largest absolute Gasteiger partial charge is 0.366 e. The molecule has 104 valence electrons. The molecule has 0 heterocycles. The van der Waals surface area contributed by atoms with Crippen LogP contribution in [0.25, 0.3) is 0 Å². The van der Waals surface area contributed by atoms with E-state index in [0.717, 1.165) is 29.2 Å². The lowest BCUT2D eigenvalue weighted by Gasteiger charge is -2.09. The van der Waals surface area contributed by atoms with Crippen LogP contribution in [0.1, 0.15) is 27.0 Å². The zero-order valence-electron chi connectivity index (χ0n) is 11.3. The van der Waals surface area contributed by atoms with E-state index < -0.39 is 5.91 Å². The molecule has 0 aliphatic rings. The molecule has 0 aliphatic carbocycles. The minimum absolute atomic E-state index is 0.395. The Morgan fingerprint density at radius 1 is 1.15 bits per heavy atom. The van der Waals surface area contributed by atoms with Crippen molar-refractivity contribution in [2.75, 3.05) is 0 Å². The summed E-state index contributed by atoms with van der Waals surface area (Å²) in [5.74, 6) is -0.395. The summed E-state index contributed by atoms with van der Waals surface area (Å²) in [6, 6.07) is 13.3. The van der Waals surface area contributed by atoms with Crippen LogP contribution in [0.4, 0.5) is 0 Å². The first-order valence-corrected chi connectivity index (χ1v) is 6.78. The average Bonchev–Trinajstić information content (AvgIpc) is 2.42. The summed E-state index contributed by atoms with van der Waals surface area (Å²) in [6.07, 6.45) is 0. The average molecular weight is 289 g/mol. The highest BCUT2D eigenvalue weighted by Crippen LogP contribution is 2.12. The molecule has 2 aromatic carbocycles.